The monoisotopic (exact) mass is 370 g/mol. The van der Waals surface area contributed by atoms with Gasteiger partial charge in [0, 0.05) is 43.8 Å². The lowest BCUT2D eigenvalue weighted by Crippen LogP contribution is -2.36. The lowest BCUT2D eigenvalue weighted by molar-refractivity contribution is 0.474. The summed E-state index contributed by atoms with van der Waals surface area (Å²) in [6, 6.07) is 12.1. The first kappa shape index (κ1) is 16.9. The Morgan fingerprint density at radius 1 is 0.964 bits per heavy atom. The molecule has 1 aliphatic heterocycles. The normalized spacial score (nSPS) is 17.1. The standard InChI is InChI=1S/C22H22N6/c1-2-8-20-19(7-1)25-14-21(26-20)27-11-4-6-18(16-27)22-24-10-12-28(22)15-17-5-3-9-23-13-17/h1-3,5,7-10,12-14,18H,4,6,11,15-16H2/t18-/m1/s1. The summed E-state index contributed by atoms with van der Waals surface area (Å²) in [5.74, 6) is 2.48. The van der Waals surface area contributed by atoms with E-state index in [1.165, 1.54) is 5.56 Å². The van der Waals surface area contributed by atoms with Crippen molar-refractivity contribution in [2.24, 2.45) is 0 Å². The van der Waals surface area contributed by atoms with Gasteiger partial charge < -0.3 is 9.47 Å². The summed E-state index contributed by atoms with van der Waals surface area (Å²) in [6.45, 7) is 2.72. The van der Waals surface area contributed by atoms with Gasteiger partial charge in [-0.3, -0.25) is 9.97 Å². The maximum atomic E-state index is 4.83. The van der Waals surface area contributed by atoms with Crippen LogP contribution in [0.3, 0.4) is 0 Å². The van der Waals surface area contributed by atoms with Crippen molar-refractivity contribution in [2.45, 2.75) is 25.3 Å². The van der Waals surface area contributed by atoms with Gasteiger partial charge in [0.2, 0.25) is 0 Å². The zero-order valence-electron chi connectivity index (χ0n) is 15.6. The van der Waals surface area contributed by atoms with Gasteiger partial charge in [0.15, 0.2) is 0 Å². The Kier molecular flexibility index (Phi) is 4.45. The maximum absolute atomic E-state index is 4.83. The van der Waals surface area contributed by atoms with Crippen molar-refractivity contribution in [2.75, 3.05) is 18.0 Å². The van der Waals surface area contributed by atoms with Crippen molar-refractivity contribution < 1.29 is 0 Å². The molecule has 0 N–H and O–H groups in total. The van der Waals surface area contributed by atoms with Gasteiger partial charge in [-0.2, -0.15) is 0 Å². The molecule has 140 valence electrons. The number of imidazole rings is 1. The van der Waals surface area contributed by atoms with Crippen LogP contribution in [-0.2, 0) is 6.54 Å². The molecule has 0 saturated carbocycles. The number of anilines is 1. The van der Waals surface area contributed by atoms with E-state index >= 15 is 0 Å². The zero-order valence-corrected chi connectivity index (χ0v) is 15.6. The number of fused-ring (bicyclic) bond motifs is 1. The zero-order chi connectivity index (χ0) is 18.8. The number of rotatable bonds is 4. The van der Waals surface area contributed by atoms with E-state index in [1.807, 2.05) is 55.1 Å². The predicted molar refractivity (Wildman–Crippen MR) is 109 cm³/mol. The Bertz CT molecular complexity index is 1070. The van der Waals surface area contributed by atoms with Crippen molar-refractivity contribution in [3.63, 3.8) is 0 Å². The highest BCUT2D eigenvalue weighted by molar-refractivity contribution is 5.75. The van der Waals surface area contributed by atoms with Crippen LogP contribution in [0.1, 0.15) is 30.1 Å². The van der Waals surface area contributed by atoms with E-state index in [0.717, 1.165) is 55.2 Å². The second kappa shape index (κ2) is 7.38. The summed E-state index contributed by atoms with van der Waals surface area (Å²) in [5, 5.41) is 0. The number of hydrogen-bond donors (Lipinski definition) is 0. The molecule has 0 unspecified atom stereocenters. The van der Waals surface area contributed by atoms with Crippen molar-refractivity contribution in [1.82, 2.24) is 24.5 Å². The molecule has 3 aromatic heterocycles. The quantitative estimate of drug-likeness (QED) is 0.549. The second-order valence-corrected chi connectivity index (χ2v) is 7.28. The number of benzene rings is 1. The number of piperidine rings is 1. The van der Waals surface area contributed by atoms with Crippen molar-refractivity contribution >= 4 is 16.9 Å². The molecule has 1 aromatic carbocycles. The summed E-state index contributed by atoms with van der Waals surface area (Å²) in [7, 11) is 0. The van der Waals surface area contributed by atoms with Crippen LogP contribution in [-0.4, -0.2) is 37.6 Å². The Labute approximate surface area is 163 Å². The van der Waals surface area contributed by atoms with Gasteiger partial charge in [0.1, 0.15) is 11.6 Å². The van der Waals surface area contributed by atoms with Crippen LogP contribution in [0.4, 0.5) is 5.82 Å². The largest absolute Gasteiger partial charge is 0.355 e. The molecule has 0 amide bonds. The first-order chi connectivity index (χ1) is 13.9. The van der Waals surface area contributed by atoms with E-state index in [2.05, 4.69) is 31.7 Å². The van der Waals surface area contributed by atoms with Crippen LogP contribution in [0, 0.1) is 0 Å². The van der Waals surface area contributed by atoms with Crippen LogP contribution in [0.25, 0.3) is 11.0 Å². The fourth-order valence-electron chi connectivity index (χ4n) is 4.00. The van der Waals surface area contributed by atoms with Gasteiger partial charge >= 0.3 is 0 Å². The van der Waals surface area contributed by atoms with Crippen LogP contribution in [0.5, 0.6) is 0 Å². The molecule has 4 aromatic rings. The van der Waals surface area contributed by atoms with Gasteiger partial charge in [-0.25, -0.2) is 9.97 Å². The van der Waals surface area contributed by atoms with Crippen LogP contribution >= 0.6 is 0 Å². The molecule has 4 heterocycles. The van der Waals surface area contributed by atoms with Crippen molar-refractivity contribution in [1.29, 1.82) is 0 Å². The molecule has 0 bridgehead atoms. The molecule has 0 radical (unpaired) electrons. The lowest BCUT2D eigenvalue weighted by atomic mass is 9.97. The second-order valence-electron chi connectivity index (χ2n) is 7.28. The first-order valence-electron chi connectivity index (χ1n) is 9.73. The molecule has 1 atom stereocenters. The minimum absolute atomic E-state index is 0.383. The molecule has 1 aliphatic rings. The van der Waals surface area contributed by atoms with E-state index in [4.69, 9.17) is 9.97 Å². The SMILES string of the molecule is c1cncc(Cn2ccnc2[C@@H]2CCCN(c3cnc4ccccc4n3)C2)c1. The van der Waals surface area contributed by atoms with Gasteiger partial charge in [-0.05, 0) is 36.6 Å². The molecule has 0 spiro atoms. The molecular formula is C22H22N6. The van der Waals surface area contributed by atoms with E-state index in [1.54, 1.807) is 0 Å². The Balaban J connectivity index is 1.38. The molecule has 6 heteroatoms. The third-order valence-electron chi connectivity index (χ3n) is 5.37. The lowest BCUT2D eigenvalue weighted by Gasteiger charge is -2.33. The Morgan fingerprint density at radius 3 is 2.79 bits per heavy atom. The summed E-state index contributed by atoms with van der Waals surface area (Å²) >= 11 is 0. The fourth-order valence-corrected chi connectivity index (χ4v) is 4.00. The topological polar surface area (TPSA) is 59.7 Å². The maximum Gasteiger partial charge on any atom is 0.147 e. The molecule has 0 aliphatic carbocycles. The number of aromatic nitrogens is 5. The summed E-state index contributed by atoms with van der Waals surface area (Å²) < 4.78 is 2.25. The average Bonchev–Trinajstić information content (AvgIpc) is 3.22. The summed E-state index contributed by atoms with van der Waals surface area (Å²) in [4.78, 5) is 20.7. The summed E-state index contributed by atoms with van der Waals surface area (Å²) in [6.07, 6.45) is 11.9. The highest BCUT2D eigenvalue weighted by Crippen LogP contribution is 2.29. The van der Waals surface area contributed by atoms with Gasteiger partial charge in [-0.15, -0.1) is 0 Å². The number of pyridine rings is 1. The van der Waals surface area contributed by atoms with E-state index in [9.17, 15) is 0 Å². The third-order valence-corrected chi connectivity index (χ3v) is 5.37. The highest BCUT2D eigenvalue weighted by Gasteiger charge is 2.25. The van der Waals surface area contributed by atoms with Crippen molar-refractivity contribution in [3.8, 4) is 0 Å². The number of hydrogen-bond acceptors (Lipinski definition) is 5. The highest BCUT2D eigenvalue weighted by atomic mass is 15.2. The minimum atomic E-state index is 0.383. The van der Waals surface area contributed by atoms with Crippen LogP contribution in [0.2, 0.25) is 0 Å². The van der Waals surface area contributed by atoms with Crippen LogP contribution < -0.4 is 4.90 Å². The molecule has 28 heavy (non-hydrogen) atoms. The van der Waals surface area contributed by atoms with Gasteiger partial charge in [0.25, 0.3) is 0 Å². The molecule has 1 saturated heterocycles. The smallest absolute Gasteiger partial charge is 0.147 e. The fraction of sp³-hybridized carbons (Fsp3) is 0.273. The van der Waals surface area contributed by atoms with Crippen LogP contribution in [0.15, 0.2) is 67.4 Å². The van der Waals surface area contributed by atoms with E-state index in [-0.39, 0.29) is 0 Å². The minimum Gasteiger partial charge on any atom is -0.355 e. The number of nitrogens with zero attached hydrogens (tertiary/aromatic N) is 6. The molecule has 5 rings (SSSR count). The van der Waals surface area contributed by atoms with E-state index < -0.39 is 0 Å². The van der Waals surface area contributed by atoms with Gasteiger partial charge in [-0.1, -0.05) is 18.2 Å². The first-order valence-corrected chi connectivity index (χ1v) is 9.73. The number of para-hydroxylation sites is 2. The van der Waals surface area contributed by atoms with Gasteiger partial charge in [0.05, 0.1) is 23.8 Å². The Morgan fingerprint density at radius 2 is 1.89 bits per heavy atom. The molecular weight excluding hydrogens is 348 g/mol. The molecule has 6 nitrogen and oxygen atoms in total. The molecule has 1 fully saturated rings. The average molecular weight is 370 g/mol. The third kappa shape index (κ3) is 3.33. The predicted octanol–water partition coefficient (Wildman–Crippen LogP) is 3.65. The summed E-state index contributed by atoms with van der Waals surface area (Å²) in [5.41, 5.74) is 3.07. The Hall–Kier alpha value is -3.28. The van der Waals surface area contributed by atoms with E-state index in [0.29, 0.717) is 5.92 Å². The van der Waals surface area contributed by atoms with Crippen molar-refractivity contribution in [3.05, 3.63) is 78.8 Å².